The van der Waals surface area contributed by atoms with E-state index in [1.54, 1.807) is 6.08 Å². The van der Waals surface area contributed by atoms with Gasteiger partial charge in [0.2, 0.25) is 0 Å². The Kier molecular flexibility index (Phi) is 7.41. The molecule has 8 aromatic rings. The molecule has 1 aliphatic carbocycles. The molecule has 0 radical (unpaired) electrons. The van der Waals surface area contributed by atoms with Gasteiger partial charge in [0.1, 0.15) is 11.2 Å². The molecule has 9 rings (SSSR count). The number of rotatable bonds is 7. The van der Waals surface area contributed by atoms with Crippen molar-refractivity contribution in [2.24, 2.45) is 0 Å². The molecule has 248 valence electrons. The summed E-state index contributed by atoms with van der Waals surface area (Å²) in [5, 5.41) is 2.16. The Morgan fingerprint density at radius 1 is 0.596 bits per heavy atom. The van der Waals surface area contributed by atoms with Gasteiger partial charge in [-0.1, -0.05) is 154 Å². The lowest BCUT2D eigenvalue weighted by Gasteiger charge is -2.21. The molecule has 1 aliphatic rings. The van der Waals surface area contributed by atoms with Crippen LogP contribution in [-0.2, 0) is 5.41 Å². The summed E-state index contributed by atoms with van der Waals surface area (Å²) in [6.07, 6.45) is 5.55. The van der Waals surface area contributed by atoms with Crippen LogP contribution in [0.15, 0.2) is 169 Å². The normalized spacial score (nSPS) is 13.2. The summed E-state index contributed by atoms with van der Waals surface area (Å²) in [5.74, 6) is 1.69. The number of hydrogen-bond donors (Lipinski definition) is 0. The van der Waals surface area contributed by atoms with Crippen LogP contribution >= 0.6 is 0 Å². The first-order chi connectivity index (χ1) is 25.4. The lowest BCUT2D eigenvalue weighted by molar-refractivity contribution is 0.657. The molecule has 0 unspecified atom stereocenters. The Morgan fingerprint density at radius 3 is 2.04 bits per heavy atom. The lowest BCUT2D eigenvalue weighted by Crippen LogP contribution is -2.14. The van der Waals surface area contributed by atoms with E-state index in [-0.39, 0.29) is 5.41 Å². The van der Waals surface area contributed by atoms with Gasteiger partial charge < -0.3 is 4.42 Å². The van der Waals surface area contributed by atoms with Crippen molar-refractivity contribution in [2.75, 3.05) is 0 Å². The van der Waals surface area contributed by atoms with Crippen LogP contribution in [-0.4, -0.2) is 15.0 Å². The highest BCUT2D eigenvalue weighted by atomic mass is 16.3. The second-order valence-electron chi connectivity index (χ2n) is 13.7. The van der Waals surface area contributed by atoms with Gasteiger partial charge in [0.15, 0.2) is 17.5 Å². The first-order valence-corrected chi connectivity index (χ1v) is 17.5. The maximum atomic E-state index is 6.78. The Balaban J connectivity index is 1.28. The monoisotopic (exact) mass is 669 g/mol. The second kappa shape index (κ2) is 12.3. The van der Waals surface area contributed by atoms with Crippen LogP contribution in [0.2, 0.25) is 0 Å². The zero-order valence-corrected chi connectivity index (χ0v) is 29.1. The van der Waals surface area contributed by atoms with Gasteiger partial charge in [-0.2, -0.15) is 0 Å². The number of aromatic nitrogens is 3. The Labute approximate surface area is 303 Å². The number of fused-ring (bicyclic) bond motifs is 7. The zero-order chi connectivity index (χ0) is 35.4. The van der Waals surface area contributed by atoms with Crippen molar-refractivity contribution in [3.63, 3.8) is 0 Å². The minimum Gasteiger partial charge on any atom is -0.455 e. The van der Waals surface area contributed by atoms with Crippen LogP contribution in [0.5, 0.6) is 0 Å². The van der Waals surface area contributed by atoms with Gasteiger partial charge in [-0.05, 0) is 68.8 Å². The Morgan fingerprint density at radius 2 is 1.25 bits per heavy atom. The number of benzene rings is 6. The molecule has 0 saturated carbocycles. The molecule has 0 amide bonds. The molecule has 4 heteroatoms. The Bertz CT molecular complexity index is 2750. The standard InChI is InChI=1S/C48H35N3O/c1-5-15-30(6-2)32-18-12-20-34(28-32)45-49-46(35-21-13-19-33(29-35)31-16-8-7-9-17-31)51-47(50-45)38-24-14-23-37-43-41(52-44(37)38)27-26-40-42(43)36-22-10-11-25-39(36)48(40,3)4/h5-29H,1-2H2,3-4H3/b30-15+. The van der Waals surface area contributed by atoms with Gasteiger partial charge in [-0.3, -0.25) is 0 Å². The topological polar surface area (TPSA) is 51.8 Å². The van der Waals surface area contributed by atoms with Crippen molar-refractivity contribution < 1.29 is 4.42 Å². The van der Waals surface area contributed by atoms with Gasteiger partial charge in [-0.25, -0.2) is 15.0 Å². The van der Waals surface area contributed by atoms with E-state index >= 15 is 0 Å². The number of hydrogen-bond acceptors (Lipinski definition) is 4. The molecule has 4 nitrogen and oxygen atoms in total. The van der Waals surface area contributed by atoms with E-state index in [4.69, 9.17) is 19.4 Å². The maximum absolute atomic E-state index is 6.78. The van der Waals surface area contributed by atoms with Gasteiger partial charge >= 0.3 is 0 Å². The average Bonchev–Trinajstić information content (AvgIpc) is 3.69. The van der Waals surface area contributed by atoms with E-state index in [9.17, 15) is 0 Å². The van der Waals surface area contributed by atoms with Gasteiger partial charge in [0, 0.05) is 27.3 Å². The van der Waals surface area contributed by atoms with Crippen LogP contribution < -0.4 is 0 Å². The molecule has 0 fully saturated rings. The molecular formula is C48H35N3O. The average molecular weight is 670 g/mol. The zero-order valence-electron chi connectivity index (χ0n) is 29.1. The fourth-order valence-corrected chi connectivity index (χ4v) is 7.73. The first-order valence-electron chi connectivity index (χ1n) is 17.5. The fraction of sp³-hybridized carbons (Fsp3) is 0.0625. The molecule has 0 atom stereocenters. The molecule has 2 heterocycles. The summed E-state index contributed by atoms with van der Waals surface area (Å²) in [7, 11) is 0. The van der Waals surface area contributed by atoms with Crippen molar-refractivity contribution >= 4 is 27.5 Å². The van der Waals surface area contributed by atoms with Crippen molar-refractivity contribution in [2.45, 2.75) is 19.3 Å². The van der Waals surface area contributed by atoms with Crippen molar-refractivity contribution in [3.8, 4) is 56.4 Å². The van der Waals surface area contributed by atoms with E-state index in [1.165, 1.54) is 22.3 Å². The third-order valence-corrected chi connectivity index (χ3v) is 10.3. The molecule has 0 N–H and O–H groups in total. The molecule has 6 aromatic carbocycles. The fourth-order valence-electron chi connectivity index (χ4n) is 7.73. The summed E-state index contributed by atoms with van der Waals surface area (Å²) >= 11 is 0. The van der Waals surface area contributed by atoms with E-state index in [0.29, 0.717) is 17.5 Å². The molecule has 0 aliphatic heterocycles. The molecule has 52 heavy (non-hydrogen) atoms. The van der Waals surface area contributed by atoms with Gasteiger partial charge in [-0.15, -0.1) is 0 Å². The summed E-state index contributed by atoms with van der Waals surface area (Å²) in [6, 6.07) is 46.3. The summed E-state index contributed by atoms with van der Waals surface area (Å²) in [6.45, 7) is 12.5. The quantitative estimate of drug-likeness (QED) is 0.159. The van der Waals surface area contributed by atoms with Crippen LogP contribution in [0.3, 0.4) is 0 Å². The molecule has 2 aromatic heterocycles. The third-order valence-electron chi connectivity index (χ3n) is 10.3. The Hall–Kier alpha value is -6.65. The lowest BCUT2D eigenvalue weighted by atomic mass is 9.82. The third kappa shape index (κ3) is 5.03. The minimum atomic E-state index is -0.117. The van der Waals surface area contributed by atoms with Crippen LogP contribution in [0, 0.1) is 0 Å². The summed E-state index contributed by atoms with van der Waals surface area (Å²) < 4.78 is 6.78. The number of allylic oxidation sites excluding steroid dienone is 4. The van der Waals surface area contributed by atoms with E-state index < -0.39 is 0 Å². The number of nitrogens with zero attached hydrogens (tertiary/aromatic N) is 3. The van der Waals surface area contributed by atoms with Crippen LogP contribution in [0.4, 0.5) is 0 Å². The van der Waals surface area contributed by atoms with Crippen LogP contribution in [0.1, 0.15) is 30.5 Å². The van der Waals surface area contributed by atoms with E-state index in [1.807, 2.05) is 36.4 Å². The second-order valence-corrected chi connectivity index (χ2v) is 13.7. The SMILES string of the molecule is C=C/C=C(\C=C)c1cccc(-c2nc(-c3cccc(-c4ccccc4)c3)nc(-c3cccc4c3oc3ccc5c(c34)-c3ccccc3C5(C)C)n2)c1. The molecule has 0 bridgehead atoms. The summed E-state index contributed by atoms with van der Waals surface area (Å²) in [5.41, 5.74) is 13.4. The van der Waals surface area contributed by atoms with E-state index in [2.05, 4.69) is 136 Å². The van der Waals surface area contributed by atoms with Crippen molar-refractivity contribution in [1.29, 1.82) is 0 Å². The molecular weight excluding hydrogens is 635 g/mol. The van der Waals surface area contributed by atoms with Crippen LogP contribution in [0.25, 0.3) is 83.9 Å². The summed E-state index contributed by atoms with van der Waals surface area (Å²) in [4.78, 5) is 15.4. The number of para-hydroxylation sites is 1. The minimum absolute atomic E-state index is 0.117. The smallest absolute Gasteiger partial charge is 0.167 e. The van der Waals surface area contributed by atoms with Crippen molar-refractivity contribution in [1.82, 2.24) is 15.0 Å². The number of furan rings is 1. The highest BCUT2D eigenvalue weighted by molar-refractivity contribution is 6.17. The predicted octanol–water partition coefficient (Wildman–Crippen LogP) is 12.5. The highest BCUT2D eigenvalue weighted by Gasteiger charge is 2.37. The highest BCUT2D eigenvalue weighted by Crippen LogP contribution is 2.53. The maximum Gasteiger partial charge on any atom is 0.167 e. The van der Waals surface area contributed by atoms with E-state index in [0.717, 1.165) is 60.9 Å². The largest absolute Gasteiger partial charge is 0.455 e. The first kappa shape index (κ1) is 31.3. The van der Waals surface area contributed by atoms with Crippen molar-refractivity contribution in [3.05, 3.63) is 182 Å². The molecule has 0 saturated heterocycles. The van der Waals surface area contributed by atoms with Gasteiger partial charge in [0.05, 0.1) is 5.56 Å². The molecule has 0 spiro atoms. The van der Waals surface area contributed by atoms with Gasteiger partial charge in [0.25, 0.3) is 0 Å². The predicted molar refractivity (Wildman–Crippen MR) is 215 cm³/mol.